The summed E-state index contributed by atoms with van der Waals surface area (Å²) >= 11 is 0. The van der Waals surface area contributed by atoms with Crippen molar-refractivity contribution < 1.29 is 18.8 Å². The Labute approximate surface area is 176 Å². The van der Waals surface area contributed by atoms with Crippen molar-refractivity contribution in [2.24, 2.45) is 0 Å². The first-order valence-electron chi connectivity index (χ1n) is 10.4. The lowest BCUT2D eigenvalue weighted by Crippen LogP contribution is -2.23. The Balaban J connectivity index is 1.54. The van der Waals surface area contributed by atoms with Gasteiger partial charge in [-0.1, -0.05) is 53.7 Å². The molecule has 0 atom stereocenters. The smallest absolute Gasteiger partial charge is 0.316 e. The normalized spacial score (nSPS) is 14.3. The molecule has 0 radical (unpaired) electrons. The molecule has 5 nitrogen and oxygen atoms in total. The molecule has 4 rings (SSSR count). The second kappa shape index (κ2) is 8.27. The van der Waals surface area contributed by atoms with E-state index in [9.17, 15) is 9.59 Å². The summed E-state index contributed by atoms with van der Waals surface area (Å²) in [6.45, 7) is 4.14. The summed E-state index contributed by atoms with van der Waals surface area (Å²) < 4.78 is 10.8. The first kappa shape index (κ1) is 20.1. The van der Waals surface area contributed by atoms with Gasteiger partial charge in [0, 0.05) is 17.5 Å². The van der Waals surface area contributed by atoms with Crippen molar-refractivity contribution in [1.29, 1.82) is 0 Å². The zero-order valence-corrected chi connectivity index (χ0v) is 17.3. The molecule has 30 heavy (non-hydrogen) atoms. The van der Waals surface area contributed by atoms with Crippen LogP contribution in [0.3, 0.4) is 0 Å². The highest BCUT2D eigenvalue weighted by atomic mass is 16.5. The summed E-state index contributed by atoms with van der Waals surface area (Å²) in [6, 6.07) is 16.3. The van der Waals surface area contributed by atoms with Crippen LogP contribution in [0.25, 0.3) is 22.5 Å². The van der Waals surface area contributed by atoms with E-state index >= 15 is 0 Å². The number of hydrogen-bond acceptors (Lipinski definition) is 5. The molecule has 154 valence electrons. The van der Waals surface area contributed by atoms with Gasteiger partial charge in [0.15, 0.2) is 5.76 Å². The fraction of sp³-hybridized carbons (Fsp3) is 0.320. The monoisotopic (exact) mass is 403 g/mol. The average Bonchev–Trinajstić information content (AvgIpc) is 3.51. The van der Waals surface area contributed by atoms with Crippen LogP contribution in [0, 0.1) is 6.92 Å². The molecule has 1 aliphatic rings. The number of ether oxygens (including phenoxy) is 1. The van der Waals surface area contributed by atoms with Crippen LogP contribution in [0.4, 0.5) is 0 Å². The van der Waals surface area contributed by atoms with Crippen molar-refractivity contribution >= 4 is 12.3 Å². The van der Waals surface area contributed by atoms with E-state index in [1.54, 1.807) is 0 Å². The van der Waals surface area contributed by atoms with Crippen molar-refractivity contribution in [3.8, 4) is 22.5 Å². The minimum Gasteiger partial charge on any atom is -0.465 e. The highest BCUT2D eigenvalue weighted by Crippen LogP contribution is 2.49. The molecule has 0 amide bonds. The molecular weight excluding hydrogens is 378 g/mol. The highest BCUT2D eigenvalue weighted by Gasteiger charge is 2.52. The van der Waals surface area contributed by atoms with E-state index in [-0.39, 0.29) is 5.97 Å². The Kier molecular flexibility index (Phi) is 5.53. The van der Waals surface area contributed by atoms with Crippen molar-refractivity contribution in [2.75, 3.05) is 6.61 Å². The van der Waals surface area contributed by atoms with Crippen molar-refractivity contribution in [3.63, 3.8) is 0 Å². The van der Waals surface area contributed by atoms with E-state index in [0.717, 1.165) is 58.4 Å². The first-order chi connectivity index (χ1) is 14.6. The van der Waals surface area contributed by atoms with Gasteiger partial charge < -0.3 is 14.1 Å². The molecule has 1 aromatic heterocycles. The number of esters is 1. The largest absolute Gasteiger partial charge is 0.465 e. The lowest BCUT2D eigenvalue weighted by Gasteiger charge is -2.14. The number of carbonyl (C=O) groups is 2. The standard InChI is InChI=1S/C25H25NO4/c1-3-29-24(28)25(14-15-25)21-12-10-19(11-13-21)18-6-8-20(9-7-18)23-22(5-4-16-27)17(2)26-30-23/h6-13,16H,3-5,14-15H2,1-2H3. The predicted octanol–water partition coefficient (Wildman–Crippen LogP) is 5.04. The molecule has 1 aliphatic carbocycles. The number of aryl methyl sites for hydroxylation is 1. The third-order valence-electron chi connectivity index (χ3n) is 5.83. The molecule has 0 unspecified atom stereocenters. The highest BCUT2D eigenvalue weighted by molar-refractivity contribution is 5.87. The van der Waals surface area contributed by atoms with Crippen LogP contribution in [0.2, 0.25) is 0 Å². The lowest BCUT2D eigenvalue weighted by atomic mass is 9.93. The lowest BCUT2D eigenvalue weighted by molar-refractivity contribution is -0.146. The SMILES string of the molecule is CCOC(=O)C1(c2ccc(-c3ccc(-c4onc(C)c4CCC=O)cc3)cc2)CC1. The number of hydrogen-bond donors (Lipinski definition) is 0. The summed E-state index contributed by atoms with van der Waals surface area (Å²) in [5.41, 5.74) is 5.49. The summed E-state index contributed by atoms with van der Waals surface area (Å²) in [7, 11) is 0. The molecule has 0 bridgehead atoms. The van der Waals surface area contributed by atoms with E-state index in [2.05, 4.69) is 17.3 Å². The van der Waals surface area contributed by atoms with Gasteiger partial charge in [-0.15, -0.1) is 0 Å². The summed E-state index contributed by atoms with van der Waals surface area (Å²) in [5.74, 6) is 0.608. The second-order valence-corrected chi connectivity index (χ2v) is 7.74. The predicted molar refractivity (Wildman–Crippen MR) is 114 cm³/mol. The van der Waals surface area contributed by atoms with Gasteiger partial charge in [-0.3, -0.25) is 4.79 Å². The Hall–Kier alpha value is -3.21. The second-order valence-electron chi connectivity index (χ2n) is 7.74. The van der Waals surface area contributed by atoms with Gasteiger partial charge in [0.05, 0.1) is 17.7 Å². The first-order valence-corrected chi connectivity index (χ1v) is 10.4. The number of benzene rings is 2. The van der Waals surface area contributed by atoms with Crippen LogP contribution >= 0.6 is 0 Å². The number of rotatable bonds is 8. The molecule has 0 N–H and O–H groups in total. The van der Waals surface area contributed by atoms with Gasteiger partial charge in [0.25, 0.3) is 0 Å². The Morgan fingerprint density at radius 2 is 1.67 bits per heavy atom. The topological polar surface area (TPSA) is 69.4 Å². The van der Waals surface area contributed by atoms with Crippen molar-refractivity contribution in [3.05, 3.63) is 65.4 Å². The van der Waals surface area contributed by atoms with Gasteiger partial charge in [-0.05, 0) is 49.8 Å². The fourth-order valence-electron chi connectivity index (χ4n) is 3.91. The fourth-order valence-corrected chi connectivity index (χ4v) is 3.91. The minimum atomic E-state index is -0.444. The Morgan fingerprint density at radius 3 is 2.23 bits per heavy atom. The van der Waals surface area contributed by atoms with Gasteiger partial charge in [0.1, 0.15) is 6.29 Å². The molecule has 3 aromatic rings. The minimum absolute atomic E-state index is 0.116. The zero-order chi connectivity index (χ0) is 21.1. The van der Waals surface area contributed by atoms with Crippen LogP contribution in [0.15, 0.2) is 53.1 Å². The average molecular weight is 403 g/mol. The van der Waals surface area contributed by atoms with E-state index in [0.29, 0.717) is 19.4 Å². The quantitative estimate of drug-likeness (QED) is 0.389. The molecule has 5 heteroatoms. The van der Waals surface area contributed by atoms with Crippen LogP contribution in [0.1, 0.15) is 43.0 Å². The van der Waals surface area contributed by atoms with Crippen LogP contribution in [-0.4, -0.2) is 24.0 Å². The number of nitrogens with zero attached hydrogens (tertiary/aromatic N) is 1. The zero-order valence-electron chi connectivity index (χ0n) is 17.3. The molecule has 0 aliphatic heterocycles. The molecule has 0 spiro atoms. The van der Waals surface area contributed by atoms with E-state index in [1.807, 2.05) is 50.2 Å². The summed E-state index contributed by atoms with van der Waals surface area (Å²) in [6.07, 6.45) is 3.69. The third-order valence-corrected chi connectivity index (χ3v) is 5.83. The Bertz CT molecular complexity index is 1040. The van der Waals surface area contributed by atoms with Gasteiger partial charge in [-0.25, -0.2) is 0 Å². The molecule has 2 aromatic carbocycles. The van der Waals surface area contributed by atoms with Crippen molar-refractivity contribution in [2.45, 2.75) is 44.9 Å². The molecule has 1 heterocycles. The van der Waals surface area contributed by atoms with E-state index in [1.165, 1.54) is 0 Å². The summed E-state index contributed by atoms with van der Waals surface area (Å²) in [4.78, 5) is 23.0. The van der Waals surface area contributed by atoms with E-state index < -0.39 is 5.41 Å². The maximum atomic E-state index is 12.3. The summed E-state index contributed by atoms with van der Waals surface area (Å²) in [5, 5.41) is 4.06. The number of carbonyl (C=O) groups excluding carboxylic acids is 2. The van der Waals surface area contributed by atoms with Gasteiger partial charge in [0.2, 0.25) is 0 Å². The van der Waals surface area contributed by atoms with Crippen molar-refractivity contribution in [1.82, 2.24) is 5.16 Å². The maximum Gasteiger partial charge on any atom is 0.316 e. The number of aldehydes is 1. The third kappa shape index (κ3) is 3.67. The molecular formula is C25H25NO4. The number of aromatic nitrogens is 1. The van der Waals surface area contributed by atoms with Gasteiger partial charge in [-0.2, -0.15) is 0 Å². The van der Waals surface area contributed by atoms with Crippen LogP contribution in [0.5, 0.6) is 0 Å². The molecule has 1 fully saturated rings. The molecule has 1 saturated carbocycles. The van der Waals surface area contributed by atoms with Crippen LogP contribution in [-0.2, 0) is 26.2 Å². The van der Waals surface area contributed by atoms with Gasteiger partial charge >= 0.3 is 5.97 Å². The van der Waals surface area contributed by atoms with Crippen LogP contribution < -0.4 is 0 Å². The Morgan fingerprint density at radius 1 is 1.07 bits per heavy atom. The maximum absolute atomic E-state index is 12.3. The molecule has 0 saturated heterocycles. The van der Waals surface area contributed by atoms with E-state index in [4.69, 9.17) is 9.26 Å².